The summed E-state index contributed by atoms with van der Waals surface area (Å²) in [5.41, 5.74) is 0.338. The minimum absolute atomic E-state index is 0.0272. The summed E-state index contributed by atoms with van der Waals surface area (Å²) >= 11 is 7.60. The van der Waals surface area contributed by atoms with Gasteiger partial charge in [0.2, 0.25) is 0 Å². The van der Waals surface area contributed by atoms with E-state index in [0.717, 1.165) is 18.6 Å². The predicted molar refractivity (Wildman–Crippen MR) is 70.2 cm³/mol. The van der Waals surface area contributed by atoms with Crippen LogP contribution in [0.15, 0.2) is 18.2 Å². The molecule has 1 aromatic rings. The summed E-state index contributed by atoms with van der Waals surface area (Å²) < 4.78 is 13.5. The summed E-state index contributed by atoms with van der Waals surface area (Å²) in [6, 6.07) is 4.53. The van der Waals surface area contributed by atoms with Crippen molar-refractivity contribution in [2.75, 3.05) is 5.75 Å². The third-order valence-electron chi connectivity index (χ3n) is 2.95. The van der Waals surface area contributed by atoms with Crippen molar-refractivity contribution in [2.45, 2.75) is 30.9 Å². The molecule has 1 unspecified atom stereocenters. The molecule has 0 aromatic heterocycles. The van der Waals surface area contributed by atoms with Crippen LogP contribution in [0.5, 0.6) is 0 Å². The molecule has 1 heterocycles. The van der Waals surface area contributed by atoms with E-state index in [-0.39, 0.29) is 23.3 Å². The quantitative estimate of drug-likeness (QED) is 0.831. The summed E-state index contributed by atoms with van der Waals surface area (Å²) in [4.78, 5) is 12.0. The minimum Gasteiger partial charge on any atom is -0.298 e. The molecule has 0 spiro atoms. The van der Waals surface area contributed by atoms with Crippen molar-refractivity contribution in [1.29, 1.82) is 0 Å². The van der Waals surface area contributed by atoms with Crippen LogP contribution in [0.3, 0.4) is 0 Å². The van der Waals surface area contributed by atoms with Crippen LogP contribution in [0.25, 0.3) is 0 Å². The Kier molecular flexibility index (Phi) is 4.46. The first-order valence-corrected chi connectivity index (χ1v) is 7.18. The summed E-state index contributed by atoms with van der Waals surface area (Å²) in [6.45, 7) is 0. The summed E-state index contributed by atoms with van der Waals surface area (Å²) in [5, 5.41) is 0.374. The predicted octanol–water partition coefficient (Wildman–Crippen LogP) is 3.88. The Labute approximate surface area is 110 Å². The maximum atomic E-state index is 13.5. The van der Waals surface area contributed by atoms with Gasteiger partial charge in [0.15, 0.2) is 0 Å². The highest BCUT2D eigenvalue weighted by Gasteiger charge is 2.23. The molecule has 1 saturated heterocycles. The highest BCUT2D eigenvalue weighted by Crippen LogP contribution is 2.28. The van der Waals surface area contributed by atoms with Gasteiger partial charge in [0.1, 0.15) is 11.6 Å². The molecule has 1 fully saturated rings. The van der Waals surface area contributed by atoms with Gasteiger partial charge in [-0.2, -0.15) is 11.8 Å². The maximum absolute atomic E-state index is 13.5. The number of hydrogen-bond donors (Lipinski definition) is 0. The molecule has 1 aromatic carbocycles. The second kappa shape index (κ2) is 5.87. The third-order valence-corrected chi connectivity index (χ3v) is 4.73. The van der Waals surface area contributed by atoms with E-state index in [1.807, 2.05) is 0 Å². The van der Waals surface area contributed by atoms with E-state index in [0.29, 0.717) is 10.6 Å². The second-order valence-corrected chi connectivity index (χ2v) is 5.92. The van der Waals surface area contributed by atoms with E-state index in [4.69, 9.17) is 11.6 Å². The van der Waals surface area contributed by atoms with Crippen molar-refractivity contribution in [3.8, 4) is 0 Å². The fourth-order valence-electron chi connectivity index (χ4n) is 1.98. The summed E-state index contributed by atoms with van der Waals surface area (Å²) in [6.07, 6.45) is 3.29. The van der Waals surface area contributed by atoms with E-state index in [9.17, 15) is 9.18 Å². The van der Waals surface area contributed by atoms with Crippen LogP contribution >= 0.6 is 23.4 Å². The average molecular weight is 273 g/mol. The van der Waals surface area contributed by atoms with Crippen LogP contribution in [0.2, 0.25) is 5.02 Å². The smallest absolute Gasteiger partial charge is 0.150 e. The number of hydrogen-bond acceptors (Lipinski definition) is 2. The van der Waals surface area contributed by atoms with Crippen LogP contribution in [0.4, 0.5) is 4.39 Å². The Morgan fingerprint density at radius 1 is 1.47 bits per heavy atom. The molecule has 0 bridgehead atoms. The Bertz CT molecular complexity index is 396. The lowest BCUT2D eigenvalue weighted by molar-refractivity contribution is -0.118. The number of benzene rings is 1. The number of rotatable bonds is 3. The molecular weight excluding hydrogens is 259 g/mol. The van der Waals surface area contributed by atoms with Gasteiger partial charge in [-0.1, -0.05) is 24.1 Å². The topological polar surface area (TPSA) is 17.1 Å². The maximum Gasteiger partial charge on any atom is 0.150 e. The van der Waals surface area contributed by atoms with Crippen molar-refractivity contribution in [2.24, 2.45) is 0 Å². The first kappa shape index (κ1) is 12.9. The first-order valence-electron chi connectivity index (χ1n) is 5.75. The van der Waals surface area contributed by atoms with Gasteiger partial charge in [-0.3, -0.25) is 4.79 Å². The number of carbonyl (C=O) groups is 1. The fraction of sp³-hybridized carbons (Fsp3) is 0.462. The van der Waals surface area contributed by atoms with Gasteiger partial charge in [0, 0.05) is 17.0 Å². The van der Waals surface area contributed by atoms with Crippen LogP contribution in [0.1, 0.15) is 24.8 Å². The molecule has 1 aliphatic rings. The lowest BCUT2D eigenvalue weighted by Gasteiger charge is -2.20. The van der Waals surface area contributed by atoms with Crippen LogP contribution in [-0.2, 0) is 11.2 Å². The SMILES string of the molecule is O=C(Cc1c(F)cccc1Cl)C1CCCCS1. The Hall–Kier alpha value is -0.540. The van der Waals surface area contributed by atoms with E-state index in [2.05, 4.69) is 0 Å². The molecule has 0 N–H and O–H groups in total. The molecule has 2 rings (SSSR count). The van der Waals surface area contributed by atoms with Crippen molar-refractivity contribution < 1.29 is 9.18 Å². The molecule has 0 saturated carbocycles. The van der Waals surface area contributed by atoms with E-state index < -0.39 is 0 Å². The molecule has 92 valence electrons. The molecule has 1 atom stereocenters. The molecular formula is C13H14ClFOS. The van der Waals surface area contributed by atoms with Gasteiger partial charge < -0.3 is 0 Å². The molecule has 0 radical (unpaired) electrons. The van der Waals surface area contributed by atoms with E-state index in [1.165, 1.54) is 12.5 Å². The Morgan fingerprint density at radius 2 is 2.29 bits per heavy atom. The number of Topliss-reactive ketones (excluding diaryl/α,β-unsaturated/α-hetero) is 1. The molecule has 0 amide bonds. The zero-order chi connectivity index (χ0) is 12.3. The number of halogens is 2. The van der Waals surface area contributed by atoms with E-state index in [1.54, 1.807) is 23.9 Å². The largest absolute Gasteiger partial charge is 0.298 e. The Balaban J connectivity index is 2.07. The van der Waals surface area contributed by atoms with Crippen LogP contribution in [-0.4, -0.2) is 16.8 Å². The monoisotopic (exact) mass is 272 g/mol. The fourth-order valence-corrected chi connectivity index (χ4v) is 3.47. The average Bonchev–Trinajstić information content (AvgIpc) is 2.35. The molecule has 17 heavy (non-hydrogen) atoms. The van der Waals surface area contributed by atoms with Gasteiger partial charge in [0.25, 0.3) is 0 Å². The number of carbonyl (C=O) groups excluding carboxylic acids is 1. The van der Waals surface area contributed by atoms with Crippen molar-refractivity contribution >= 4 is 29.1 Å². The highest BCUT2D eigenvalue weighted by molar-refractivity contribution is 8.00. The Morgan fingerprint density at radius 3 is 2.94 bits per heavy atom. The number of thioether (sulfide) groups is 1. The molecule has 0 aliphatic carbocycles. The zero-order valence-corrected chi connectivity index (χ0v) is 11.0. The summed E-state index contributed by atoms with van der Waals surface area (Å²) in [5.74, 6) is 0.745. The standard InChI is InChI=1S/C13H14ClFOS/c14-10-4-3-5-11(15)9(10)8-12(16)13-6-1-2-7-17-13/h3-5,13H,1-2,6-8H2. The third kappa shape index (κ3) is 3.23. The lowest BCUT2D eigenvalue weighted by atomic mass is 10.0. The van der Waals surface area contributed by atoms with Gasteiger partial charge in [0.05, 0.1) is 5.25 Å². The molecule has 1 nitrogen and oxygen atoms in total. The van der Waals surface area contributed by atoms with Gasteiger partial charge in [-0.05, 0) is 30.7 Å². The lowest BCUT2D eigenvalue weighted by Crippen LogP contribution is -2.23. The second-order valence-electron chi connectivity index (χ2n) is 4.20. The van der Waals surface area contributed by atoms with Crippen molar-refractivity contribution in [1.82, 2.24) is 0 Å². The van der Waals surface area contributed by atoms with Gasteiger partial charge >= 0.3 is 0 Å². The van der Waals surface area contributed by atoms with Gasteiger partial charge in [-0.25, -0.2) is 4.39 Å². The van der Waals surface area contributed by atoms with Crippen molar-refractivity contribution in [3.63, 3.8) is 0 Å². The molecule has 1 aliphatic heterocycles. The van der Waals surface area contributed by atoms with Crippen LogP contribution < -0.4 is 0 Å². The number of ketones is 1. The minimum atomic E-state index is -0.383. The summed E-state index contributed by atoms with van der Waals surface area (Å²) in [7, 11) is 0. The highest BCUT2D eigenvalue weighted by atomic mass is 35.5. The van der Waals surface area contributed by atoms with E-state index >= 15 is 0 Å². The first-order chi connectivity index (χ1) is 8.18. The zero-order valence-electron chi connectivity index (χ0n) is 9.42. The van der Waals surface area contributed by atoms with Crippen LogP contribution in [0, 0.1) is 5.82 Å². The normalized spacial score (nSPS) is 20.2. The molecule has 4 heteroatoms. The van der Waals surface area contributed by atoms with Gasteiger partial charge in [-0.15, -0.1) is 0 Å². The van der Waals surface area contributed by atoms with Crippen molar-refractivity contribution in [3.05, 3.63) is 34.6 Å².